The molecule has 2 aliphatic carbocycles. The second kappa shape index (κ2) is 9.73. The smallest absolute Gasteiger partial charge is 0.0199 e. The highest BCUT2D eigenvalue weighted by Gasteiger charge is 2.34. The van der Waals surface area contributed by atoms with Crippen molar-refractivity contribution in [3.05, 3.63) is 96.1 Å². The minimum atomic E-state index is 0.817. The molecule has 0 heteroatoms. The number of benzene rings is 2. The summed E-state index contributed by atoms with van der Waals surface area (Å²) >= 11 is 0. The fourth-order valence-electron chi connectivity index (χ4n) is 4.13. The van der Waals surface area contributed by atoms with E-state index in [0.717, 1.165) is 23.7 Å². The lowest BCUT2D eigenvalue weighted by molar-refractivity contribution is 0.694. The molecule has 0 spiro atoms. The summed E-state index contributed by atoms with van der Waals surface area (Å²) in [5.41, 5.74) is 2.65. The summed E-state index contributed by atoms with van der Waals surface area (Å²) < 4.78 is 0. The SMILES string of the molecule is C(=C\CCC1CC1/C=C/c1ccccc1)/CCC1CC1/C=C/c1ccccc1. The molecule has 2 aliphatic rings. The minimum Gasteiger partial charge on any atom is -0.0885 e. The Balaban J connectivity index is 1.05. The molecule has 0 saturated heterocycles. The highest BCUT2D eigenvalue weighted by molar-refractivity contribution is 5.50. The standard InChI is InChI=1S/C28H32/c1(9-15-25-21-27(25)19-17-23-11-5-3-6-12-23)2-10-16-26-22-28(26)20-18-24-13-7-4-8-14-24/h1-8,11-14,17-20,25-28H,9-10,15-16,21-22H2/b2-1+,19-17+,20-18+. The van der Waals surface area contributed by atoms with E-state index in [2.05, 4.69) is 97.1 Å². The molecule has 0 amide bonds. The summed E-state index contributed by atoms with van der Waals surface area (Å²) in [5, 5.41) is 0. The summed E-state index contributed by atoms with van der Waals surface area (Å²) in [5.74, 6) is 3.47. The monoisotopic (exact) mass is 368 g/mol. The molecule has 2 aromatic rings. The molecule has 4 rings (SSSR count). The Hall–Kier alpha value is -2.34. The van der Waals surface area contributed by atoms with Gasteiger partial charge in [0.05, 0.1) is 0 Å². The molecule has 2 fully saturated rings. The second-order valence-corrected chi connectivity index (χ2v) is 8.48. The molecule has 0 N–H and O–H groups in total. The van der Waals surface area contributed by atoms with Gasteiger partial charge in [-0.2, -0.15) is 0 Å². The molecule has 4 unspecified atom stereocenters. The van der Waals surface area contributed by atoms with E-state index in [0.29, 0.717) is 0 Å². The molecule has 0 radical (unpaired) electrons. The topological polar surface area (TPSA) is 0 Å². The third-order valence-corrected chi connectivity index (χ3v) is 6.20. The Morgan fingerprint density at radius 1 is 0.607 bits per heavy atom. The van der Waals surface area contributed by atoms with Gasteiger partial charge in [0, 0.05) is 0 Å². The van der Waals surface area contributed by atoms with Crippen molar-refractivity contribution >= 4 is 12.2 Å². The zero-order chi connectivity index (χ0) is 19.0. The van der Waals surface area contributed by atoms with E-state index in [1.54, 1.807) is 0 Å². The summed E-state index contributed by atoms with van der Waals surface area (Å²) in [6.45, 7) is 0. The van der Waals surface area contributed by atoms with Crippen molar-refractivity contribution in [3.8, 4) is 0 Å². The van der Waals surface area contributed by atoms with Crippen molar-refractivity contribution in [3.63, 3.8) is 0 Å². The molecule has 2 saturated carbocycles. The molecule has 0 aromatic heterocycles. The van der Waals surface area contributed by atoms with Gasteiger partial charge in [-0.3, -0.25) is 0 Å². The first kappa shape index (κ1) is 19.0. The predicted molar refractivity (Wildman–Crippen MR) is 122 cm³/mol. The van der Waals surface area contributed by atoms with Crippen molar-refractivity contribution in [2.75, 3.05) is 0 Å². The largest absolute Gasteiger partial charge is 0.0885 e. The Morgan fingerprint density at radius 2 is 1.04 bits per heavy atom. The first-order valence-electron chi connectivity index (χ1n) is 11.0. The van der Waals surface area contributed by atoms with Crippen LogP contribution in [0.2, 0.25) is 0 Å². The van der Waals surface area contributed by atoms with Crippen molar-refractivity contribution in [2.45, 2.75) is 38.5 Å². The first-order valence-corrected chi connectivity index (χ1v) is 11.0. The Morgan fingerprint density at radius 3 is 1.46 bits per heavy atom. The van der Waals surface area contributed by atoms with E-state index < -0.39 is 0 Å². The van der Waals surface area contributed by atoms with E-state index in [1.165, 1.54) is 49.7 Å². The number of rotatable bonds is 10. The highest BCUT2D eigenvalue weighted by atomic mass is 14.4. The summed E-state index contributed by atoms with van der Waals surface area (Å²) in [4.78, 5) is 0. The number of hydrogen-bond acceptors (Lipinski definition) is 0. The van der Waals surface area contributed by atoms with Crippen molar-refractivity contribution in [2.24, 2.45) is 23.7 Å². The second-order valence-electron chi connectivity index (χ2n) is 8.48. The Labute approximate surface area is 170 Å². The van der Waals surface area contributed by atoms with Gasteiger partial charge >= 0.3 is 0 Å². The maximum atomic E-state index is 2.42. The molecule has 144 valence electrons. The van der Waals surface area contributed by atoms with E-state index in [-0.39, 0.29) is 0 Å². The van der Waals surface area contributed by atoms with Crippen LogP contribution in [-0.2, 0) is 0 Å². The summed E-state index contributed by atoms with van der Waals surface area (Å²) in [6.07, 6.45) is 22.2. The van der Waals surface area contributed by atoms with E-state index in [9.17, 15) is 0 Å². The maximum absolute atomic E-state index is 2.42. The van der Waals surface area contributed by atoms with E-state index in [4.69, 9.17) is 0 Å². The van der Waals surface area contributed by atoms with Crippen LogP contribution in [0.1, 0.15) is 49.7 Å². The van der Waals surface area contributed by atoms with Gasteiger partial charge in [0.2, 0.25) is 0 Å². The number of allylic oxidation sites excluding steroid dienone is 4. The summed E-state index contributed by atoms with van der Waals surface area (Å²) in [6, 6.07) is 21.3. The first-order chi connectivity index (χ1) is 13.9. The molecular weight excluding hydrogens is 336 g/mol. The van der Waals surface area contributed by atoms with Gasteiger partial charge in [-0.15, -0.1) is 0 Å². The molecule has 4 atom stereocenters. The Kier molecular flexibility index (Phi) is 6.60. The van der Waals surface area contributed by atoms with Crippen LogP contribution >= 0.6 is 0 Å². The van der Waals surface area contributed by atoms with Crippen LogP contribution in [0, 0.1) is 23.7 Å². The molecule has 0 heterocycles. The van der Waals surface area contributed by atoms with Crippen LogP contribution < -0.4 is 0 Å². The Bertz CT molecular complexity index is 727. The van der Waals surface area contributed by atoms with Crippen molar-refractivity contribution in [1.29, 1.82) is 0 Å². The van der Waals surface area contributed by atoms with Crippen molar-refractivity contribution in [1.82, 2.24) is 0 Å². The van der Waals surface area contributed by atoms with Crippen molar-refractivity contribution < 1.29 is 0 Å². The normalized spacial score (nSPS) is 26.4. The average Bonchev–Trinajstić information content (AvgIpc) is 3.66. The minimum absolute atomic E-state index is 0.817. The van der Waals surface area contributed by atoms with Crippen LogP contribution in [0.3, 0.4) is 0 Å². The molecule has 2 aromatic carbocycles. The quantitative estimate of drug-likeness (QED) is 0.375. The lowest BCUT2D eigenvalue weighted by Crippen LogP contribution is -1.81. The predicted octanol–water partition coefficient (Wildman–Crippen LogP) is 7.80. The van der Waals surface area contributed by atoms with Gasteiger partial charge in [-0.05, 0) is 73.3 Å². The van der Waals surface area contributed by atoms with Crippen LogP contribution in [0.15, 0.2) is 85.0 Å². The summed E-state index contributed by atoms with van der Waals surface area (Å²) in [7, 11) is 0. The third-order valence-electron chi connectivity index (χ3n) is 6.20. The van der Waals surface area contributed by atoms with Gasteiger partial charge in [-0.25, -0.2) is 0 Å². The maximum Gasteiger partial charge on any atom is -0.0199 e. The lowest BCUT2D eigenvalue weighted by atomic mass is 10.1. The van der Waals surface area contributed by atoms with Gasteiger partial charge in [-0.1, -0.05) is 97.1 Å². The van der Waals surface area contributed by atoms with Crippen LogP contribution in [0.5, 0.6) is 0 Å². The van der Waals surface area contributed by atoms with Gasteiger partial charge in [0.1, 0.15) is 0 Å². The van der Waals surface area contributed by atoms with E-state index >= 15 is 0 Å². The number of hydrogen-bond donors (Lipinski definition) is 0. The lowest BCUT2D eigenvalue weighted by Gasteiger charge is -1.95. The van der Waals surface area contributed by atoms with E-state index in [1.807, 2.05) is 0 Å². The zero-order valence-electron chi connectivity index (χ0n) is 16.8. The zero-order valence-corrected chi connectivity index (χ0v) is 16.8. The van der Waals surface area contributed by atoms with Gasteiger partial charge in [0.15, 0.2) is 0 Å². The average molecular weight is 369 g/mol. The molecule has 28 heavy (non-hydrogen) atoms. The molecular formula is C28H32. The fraction of sp³-hybridized carbons (Fsp3) is 0.357. The third kappa shape index (κ3) is 6.09. The molecule has 0 aliphatic heterocycles. The van der Waals surface area contributed by atoms with Crippen LogP contribution in [0.4, 0.5) is 0 Å². The fourth-order valence-corrected chi connectivity index (χ4v) is 4.13. The molecule has 0 bridgehead atoms. The van der Waals surface area contributed by atoms with Crippen LogP contribution in [-0.4, -0.2) is 0 Å². The van der Waals surface area contributed by atoms with Crippen LogP contribution in [0.25, 0.3) is 12.2 Å². The van der Waals surface area contributed by atoms with Gasteiger partial charge < -0.3 is 0 Å². The molecule has 0 nitrogen and oxygen atoms in total. The highest BCUT2D eigenvalue weighted by Crippen LogP contribution is 2.44. The van der Waals surface area contributed by atoms with Gasteiger partial charge in [0.25, 0.3) is 0 Å².